The minimum Gasteiger partial charge on any atom is -0.273 e. The van der Waals surface area contributed by atoms with Crippen LogP contribution in [0.5, 0.6) is 0 Å². The molecule has 1 fully saturated rings. The molecule has 3 aromatic carbocycles. The van der Waals surface area contributed by atoms with Gasteiger partial charge in [-0.3, -0.25) is 4.79 Å². The van der Waals surface area contributed by atoms with Crippen molar-refractivity contribution in [3.8, 4) is 0 Å². The number of β-lactam (4-membered cyclic amide) rings is 1. The Kier molecular flexibility index (Phi) is 5.13. The number of amides is 1. The van der Waals surface area contributed by atoms with Gasteiger partial charge in [-0.25, -0.2) is 12.7 Å². The van der Waals surface area contributed by atoms with Gasteiger partial charge in [0.2, 0.25) is 5.91 Å². The van der Waals surface area contributed by atoms with Gasteiger partial charge in [-0.05, 0) is 42.3 Å². The van der Waals surface area contributed by atoms with E-state index in [4.69, 9.17) is 0 Å². The number of sulfonamides is 1. The molecule has 160 valence electrons. The molecular formula is C23H18F3NO3S. The molecule has 4 nitrogen and oxygen atoms in total. The van der Waals surface area contributed by atoms with Crippen molar-refractivity contribution in [2.45, 2.75) is 30.0 Å². The van der Waals surface area contributed by atoms with Gasteiger partial charge in [-0.1, -0.05) is 60.2 Å². The van der Waals surface area contributed by atoms with Crippen LogP contribution in [0.15, 0.2) is 83.8 Å². The molecule has 3 aromatic rings. The van der Waals surface area contributed by atoms with Crippen LogP contribution in [0.3, 0.4) is 0 Å². The van der Waals surface area contributed by atoms with Gasteiger partial charge in [0.05, 0.1) is 22.4 Å². The SMILES string of the molecule is Cc1ccc(S(=O)(=O)N2C(=O)[C@@H](c3ccccc3)[C@@H]2c2ccc(C(F)(F)F)cc2)cc1. The van der Waals surface area contributed by atoms with Gasteiger partial charge in [0.15, 0.2) is 0 Å². The number of rotatable bonds is 4. The minimum absolute atomic E-state index is 0.0464. The molecule has 0 radical (unpaired) electrons. The Morgan fingerprint density at radius 1 is 0.806 bits per heavy atom. The van der Waals surface area contributed by atoms with E-state index in [1.165, 1.54) is 24.3 Å². The van der Waals surface area contributed by atoms with Gasteiger partial charge < -0.3 is 0 Å². The Bertz CT molecular complexity index is 1210. The Labute approximate surface area is 178 Å². The quantitative estimate of drug-likeness (QED) is 0.527. The second kappa shape index (κ2) is 7.53. The summed E-state index contributed by atoms with van der Waals surface area (Å²) < 4.78 is 66.2. The van der Waals surface area contributed by atoms with Crippen LogP contribution in [0.4, 0.5) is 13.2 Å². The highest BCUT2D eigenvalue weighted by molar-refractivity contribution is 7.89. The molecule has 0 spiro atoms. The third-order valence-corrected chi connectivity index (χ3v) is 7.16. The average molecular weight is 445 g/mol. The van der Waals surface area contributed by atoms with E-state index in [0.29, 0.717) is 11.1 Å². The van der Waals surface area contributed by atoms with Crippen molar-refractivity contribution in [1.82, 2.24) is 4.31 Å². The highest BCUT2D eigenvalue weighted by Gasteiger charge is 2.55. The van der Waals surface area contributed by atoms with Crippen molar-refractivity contribution >= 4 is 15.9 Å². The average Bonchev–Trinajstić information content (AvgIpc) is 2.72. The number of hydrogen-bond donors (Lipinski definition) is 0. The lowest BCUT2D eigenvalue weighted by Crippen LogP contribution is -2.55. The second-order valence-corrected chi connectivity index (χ2v) is 9.22. The summed E-state index contributed by atoms with van der Waals surface area (Å²) in [5.41, 5.74) is 0.936. The maximum Gasteiger partial charge on any atom is 0.416 e. The number of halogens is 3. The zero-order valence-electron chi connectivity index (χ0n) is 16.4. The molecule has 1 saturated heterocycles. The predicted molar refractivity (Wildman–Crippen MR) is 109 cm³/mol. The highest BCUT2D eigenvalue weighted by atomic mass is 32.2. The number of nitrogens with zero attached hydrogens (tertiary/aromatic N) is 1. The summed E-state index contributed by atoms with van der Waals surface area (Å²) in [6.45, 7) is 1.81. The van der Waals surface area contributed by atoms with Gasteiger partial charge in [0.1, 0.15) is 0 Å². The smallest absolute Gasteiger partial charge is 0.273 e. The summed E-state index contributed by atoms with van der Waals surface area (Å²) in [6.07, 6.45) is -4.51. The summed E-state index contributed by atoms with van der Waals surface area (Å²) in [5.74, 6) is -1.42. The predicted octanol–water partition coefficient (Wildman–Crippen LogP) is 5.07. The standard InChI is InChI=1S/C23H18F3NO3S/c1-15-7-13-19(14-8-15)31(29,30)27-21(17-9-11-18(12-10-17)23(24,25)26)20(22(27)28)16-5-3-2-4-6-16/h2-14,20-21H,1H3/t20-,21-/m0/s1. The number of carbonyl (C=O) groups is 1. The third kappa shape index (κ3) is 3.72. The van der Waals surface area contributed by atoms with Gasteiger partial charge >= 0.3 is 6.18 Å². The molecule has 1 aliphatic rings. The van der Waals surface area contributed by atoms with Crippen LogP contribution in [0.25, 0.3) is 0 Å². The Balaban J connectivity index is 1.79. The van der Waals surface area contributed by atoms with Gasteiger partial charge in [0.25, 0.3) is 10.0 Å². The number of alkyl halides is 3. The van der Waals surface area contributed by atoms with Crippen molar-refractivity contribution in [2.24, 2.45) is 0 Å². The van der Waals surface area contributed by atoms with Crippen molar-refractivity contribution in [3.63, 3.8) is 0 Å². The number of carbonyl (C=O) groups excluding carboxylic acids is 1. The van der Waals surface area contributed by atoms with Crippen LogP contribution in [0, 0.1) is 6.92 Å². The first-order valence-corrected chi connectivity index (χ1v) is 10.9. The molecule has 8 heteroatoms. The van der Waals surface area contributed by atoms with E-state index in [9.17, 15) is 26.4 Å². The fourth-order valence-electron chi connectivity index (χ4n) is 3.74. The van der Waals surface area contributed by atoms with Crippen LogP contribution in [0.2, 0.25) is 0 Å². The van der Waals surface area contributed by atoms with Crippen molar-refractivity contribution in [1.29, 1.82) is 0 Å². The van der Waals surface area contributed by atoms with E-state index < -0.39 is 39.6 Å². The maximum absolute atomic E-state index is 13.2. The summed E-state index contributed by atoms with van der Waals surface area (Å²) in [7, 11) is -4.18. The number of benzene rings is 3. The lowest BCUT2D eigenvalue weighted by molar-refractivity contribution is -0.141. The van der Waals surface area contributed by atoms with Gasteiger partial charge in [-0.15, -0.1) is 0 Å². The molecule has 1 amide bonds. The molecule has 0 aliphatic carbocycles. The summed E-state index contributed by atoms with van der Waals surface area (Å²) in [5, 5.41) is 0. The fourth-order valence-corrected chi connectivity index (χ4v) is 5.34. The van der Waals surface area contributed by atoms with Crippen LogP contribution in [0.1, 0.15) is 34.2 Å². The first-order chi connectivity index (χ1) is 14.6. The molecule has 1 heterocycles. The normalized spacial score (nSPS) is 19.2. The topological polar surface area (TPSA) is 54.5 Å². The summed E-state index contributed by atoms with van der Waals surface area (Å²) >= 11 is 0. The summed E-state index contributed by atoms with van der Waals surface area (Å²) in [4.78, 5) is 13.0. The fraction of sp³-hybridized carbons (Fsp3) is 0.174. The largest absolute Gasteiger partial charge is 0.416 e. The number of aryl methyl sites for hydroxylation is 1. The lowest BCUT2D eigenvalue weighted by atomic mass is 9.80. The van der Waals surface area contributed by atoms with E-state index in [2.05, 4.69) is 0 Å². The monoisotopic (exact) mass is 445 g/mol. The second-order valence-electron chi connectivity index (χ2n) is 7.41. The Morgan fingerprint density at radius 3 is 1.94 bits per heavy atom. The molecule has 1 aliphatic heterocycles. The van der Waals surface area contributed by atoms with Crippen LogP contribution >= 0.6 is 0 Å². The zero-order valence-corrected chi connectivity index (χ0v) is 17.2. The van der Waals surface area contributed by atoms with E-state index in [1.54, 1.807) is 42.5 Å². The summed E-state index contributed by atoms with van der Waals surface area (Å²) in [6, 6.07) is 18.0. The molecule has 2 atom stereocenters. The Hall–Kier alpha value is -3.13. The van der Waals surface area contributed by atoms with E-state index in [1.807, 2.05) is 6.92 Å². The van der Waals surface area contributed by atoms with Crippen molar-refractivity contribution < 1.29 is 26.4 Å². The zero-order chi connectivity index (χ0) is 22.4. The first kappa shape index (κ1) is 21.1. The van der Waals surface area contributed by atoms with E-state index in [0.717, 1.165) is 22.0 Å². The molecular weight excluding hydrogens is 427 g/mol. The maximum atomic E-state index is 13.2. The molecule has 0 N–H and O–H groups in total. The first-order valence-electron chi connectivity index (χ1n) is 9.48. The van der Waals surface area contributed by atoms with Gasteiger partial charge in [0, 0.05) is 0 Å². The van der Waals surface area contributed by atoms with Gasteiger partial charge in [-0.2, -0.15) is 13.2 Å². The molecule has 31 heavy (non-hydrogen) atoms. The van der Waals surface area contributed by atoms with E-state index >= 15 is 0 Å². The van der Waals surface area contributed by atoms with Crippen molar-refractivity contribution in [3.05, 3.63) is 101 Å². The molecule has 0 aromatic heterocycles. The molecule has 0 bridgehead atoms. The molecule has 0 unspecified atom stereocenters. The highest BCUT2D eigenvalue weighted by Crippen LogP contribution is 2.49. The molecule has 4 rings (SSSR count). The molecule has 0 saturated carbocycles. The Morgan fingerprint density at radius 2 is 1.39 bits per heavy atom. The van der Waals surface area contributed by atoms with E-state index in [-0.39, 0.29) is 4.90 Å². The van der Waals surface area contributed by atoms with Crippen molar-refractivity contribution in [2.75, 3.05) is 0 Å². The van der Waals surface area contributed by atoms with Crippen LogP contribution in [-0.4, -0.2) is 18.6 Å². The van der Waals surface area contributed by atoms with Crippen LogP contribution in [-0.2, 0) is 21.0 Å². The van der Waals surface area contributed by atoms with Crippen LogP contribution < -0.4 is 0 Å². The minimum atomic E-state index is -4.51. The number of hydrogen-bond acceptors (Lipinski definition) is 3. The lowest BCUT2D eigenvalue weighted by Gasteiger charge is -2.46. The third-order valence-electron chi connectivity index (χ3n) is 5.37.